The molecular weight excluding hydrogens is 382 g/mol. The summed E-state index contributed by atoms with van der Waals surface area (Å²) in [5.41, 5.74) is 5.19. The lowest BCUT2D eigenvalue weighted by atomic mass is 10.00. The molecule has 1 fully saturated rings. The van der Waals surface area contributed by atoms with Crippen LogP contribution >= 0.6 is 0 Å². The van der Waals surface area contributed by atoms with Crippen molar-refractivity contribution in [2.24, 2.45) is 0 Å². The first kappa shape index (κ1) is 19.0. The minimum absolute atomic E-state index is 0.132. The molecule has 7 heteroatoms. The Kier molecular flexibility index (Phi) is 5.06. The number of anilines is 2. The Morgan fingerprint density at radius 3 is 2.83 bits per heavy atom. The number of carbonyl (C=O) groups excluding carboxylic acids is 1. The number of nitrogens with zero attached hydrogens (tertiary/aromatic N) is 1. The molecule has 0 unspecified atom stereocenters. The number of ether oxygens (including phenoxy) is 3. The van der Waals surface area contributed by atoms with E-state index in [0.717, 1.165) is 66.7 Å². The van der Waals surface area contributed by atoms with Gasteiger partial charge in [0.15, 0.2) is 0 Å². The van der Waals surface area contributed by atoms with Crippen LogP contribution in [0.3, 0.4) is 0 Å². The fourth-order valence-corrected chi connectivity index (χ4v) is 4.10. The zero-order chi connectivity index (χ0) is 20.5. The van der Waals surface area contributed by atoms with Crippen LogP contribution in [0.25, 0.3) is 11.3 Å². The molecule has 1 amide bonds. The number of hydrogen-bond acceptors (Lipinski definition) is 6. The van der Waals surface area contributed by atoms with E-state index in [2.05, 4.69) is 15.5 Å². The molecule has 5 rings (SSSR count). The van der Waals surface area contributed by atoms with E-state index in [4.69, 9.17) is 14.2 Å². The Hall–Kier alpha value is -3.03. The van der Waals surface area contributed by atoms with Crippen LogP contribution in [0.15, 0.2) is 36.4 Å². The Balaban J connectivity index is 1.36. The molecule has 3 aliphatic rings. The van der Waals surface area contributed by atoms with Crippen molar-refractivity contribution in [2.75, 3.05) is 57.1 Å². The molecule has 2 N–H and O–H groups in total. The van der Waals surface area contributed by atoms with Gasteiger partial charge in [0, 0.05) is 54.7 Å². The summed E-state index contributed by atoms with van der Waals surface area (Å²) in [5, 5.41) is 6.06. The lowest BCUT2D eigenvalue weighted by molar-refractivity contribution is -0.110. The average Bonchev–Trinajstić information content (AvgIpc) is 3.33. The van der Waals surface area contributed by atoms with E-state index in [1.165, 1.54) is 0 Å². The van der Waals surface area contributed by atoms with Gasteiger partial charge in [-0.25, -0.2) is 0 Å². The van der Waals surface area contributed by atoms with Gasteiger partial charge in [-0.1, -0.05) is 0 Å². The highest BCUT2D eigenvalue weighted by atomic mass is 16.5. The molecule has 1 saturated heterocycles. The molecule has 0 aromatic heterocycles. The Bertz CT molecular complexity index is 1010. The standard InChI is InChI=1S/C23H25N3O4/c1-24-16-2-5-20-19(13-16)21(23(27)25-20)22-18-4-3-17(12-15(18)14-30-22)29-11-8-26-6-9-28-10-7-26/h2-5,12-13,24H,6-11,14H2,1H3,(H,25,27). The first-order chi connectivity index (χ1) is 14.7. The van der Waals surface area contributed by atoms with E-state index < -0.39 is 0 Å². The molecule has 0 radical (unpaired) electrons. The molecular formula is C23H25N3O4. The van der Waals surface area contributed by atoms with Gasteiger partial charge in [-0.05, 0) is 36.4 Å². The minimum atomic E-state index is -0.132. The zero-order valence-corrected chi connectivity index (χ0v) is 17.0. The maximum absolute atomic E-state index is 12.7. The summed E-state index contributed by atoms with van der Waals surface area (Å²) in [6.07, 6.45) is 0. The number of morpholine rings is 1. The molecule has 7 nitrogen and oxygen atoms in total. The monoisotopic (exact) mass is 407 g/mol. The van der Waals surface area contributed by atoms with Crippen molar-refractivity contribution in [2.45, 2.75) is 6.61 Å². The molecule has 0 bridgehead atoms. The van der Waals surface area contributed by atoms with E-state index in [1.54, 1.807) is 0 Å². The van der Waals surface area contributed by atoms with Crippen LogP contribution in [0.5, 0.6) is 5.75 Å². The van der Waals surface area contributed by atoms with Crippen LogP contribution in [0.2, 0.25) is 0 Å². The van der Waals surface area contributed by atoms with Crippen molar-refractivity contribution < 1.29 is 19.0 Å². The Morgan fingerprint density at radius 1 is 1.13 bits per heavy atom. The molecule has 0 atom stereocenters. The van der Waals surface area contributed by atoms with Gasteiger partial charge in [0.05, 0.1) is 18.8 Å². The number of carbonyl (C=O) groups is 1. The lowest BCUT2D eigenvalue weighted by Crippen LogP contribution is -2.38. The summed E-state index contributed by atoms with van der Waals surface area (Å²) in [6.45, 7) is 5.45. The summed E-state index contributed by atoms with van der Waals surface area (Å²) >= 11 is 0. The third-order valence-electron chi connectivity index (χ3n) is 5.75. The van der Waals surface area contributed by atoms with Gasteiger partial charge in [0.1, 0.15) is 24.7 Å². The highest BCUT2D eigenvalue weighted by Crippen LogP contribution is 2.43. The molecule has 0 aliphatic carbocycles. The predicted molar refractivity (Wildman–Crippen MR) is 115 cm³/mol. The lowest BCUT2D eigenvalue weighted by Gasteiger charge is -2.26. The average molecular weight is 407 g/mol. The minimum Gasteiger partial charge on any atom is -0.492 e. The first-order valence-corrected chi connectivity index (χ1v) is 10.3. The SMILES string of the molecule is CNc1ccc2c(c1)C(=C1OCc3cc(OCCN4CCOCC4)ccc31)C(=O)N2. The van der Waals surface area contributed by atoms with Crippen molar-refractivity contribution in [3.8, 4) is 5.75 Å². The van der Waals surface area contributed by atoms with Gasteiger partial charge in [-0.3, -0.25) is 9.69 Å². The number of rotatable bonds is 5. The molecule has 30 heavy (non-hydrogen) atoms. The molecule has 3 aliphatic heterocycles. The van der Waals surface area contributed by atoms with E-state index in [1.807, 2.05) is 43.4 Å². The summed E-state index contributed by atoms with van der Waals surface area (Å²) in [4.78, 5) is 15.0. The number of fused-ring (bicyclic) bond motifs is 2. The van der Waals surface area contributed by atoms with Crippen LogP contribution in [0.4, 0.5) is 11.4 Å². The number of nitrogens with one attached hydrogen (secondary N) is 2. The fourth-order valence-electron chi connectivity index (χ4n) is 4.10. The summed E-state index contributed by atoms with van der Waals surface area (Å²) in [6, 6.07) is 11.8. The second kappa shape index (κ2) is 8.01. The van der Waals surface area contributed by atoms with Crippen molar-refractivity contribution in [1.29, 1.82) is 0 Å². The van der Waals surface area contributed by atoms with Crippen LogP contribution in [0.1, 0.15) is 16.7 Å². The molecule has 2 aromatic rings. The smallest absolute Gasteiger partial charge is 0.260 e. The number of hydrogen-bond donors (Lipinski definition) is 2. The van der Waals surface area contributed by atoms with E-state index >= 15 is 0 Å². The van der Waals surface area contributed by atoms with E-state index in [-0.39, 0.29) is 5.91 Å². The van der Waals surface area contributed by atoms with Crippen LogP contribution in [0, 0.1) is 0 Å². The molecule has 2 aromatic carbocycles. The van der Waals surface area contributed by atoms with Crippen molar-refractivity contribution >= 4 is 28.6 Å². The van der Waals surface area contributed by atoms with Crippen molar-refractivity contribution in [3.63, 3.8) is 0 Å². The molecule has 0 spiro atoms. The van der Waals surface area contributed by atoms with Crippen LogP contribution < -0.4 is 15.4 Å². The van der Waals surface area contributed by atoms with Gasteiger partial charge in [0.25, 0.3) is 5.91 Å². The van der Waals surface area contributed by atoms with E-state index in [0.29, 0.717) is 24.5 Å². The normalized spacial score (nSPS) is 20.4. The van der Waals surface area contributed by atoms with Gasteiger partial charge < -0.3 is 24.8 Å². The largest absolute Gasteiger partial charge is 0.492 e. The predicted octanol–water partition coefficient (Wildman–Crippen LogP) is 2.79. The van der Waals surface area contributed by atoms with Crippen molar-refractivity contribution in [3.05, 3.63) is 53.1 Å². The van der Waals surface area contributed by atoms with Gasteiger partial charge >= 0.3 is 0 Å². The Labute approximate surface area is 175 Å². The number of benzene rings is 2. The zero-order valence-electron chi connectivity index (χ0n) is 17.0. The highest BCUT2D eigenvalue weighted by Gasteiger charge is 2.32. The second-order valence-corrected chi connectivity index (χ2v) is 7.58. The maximum atomic E-state index is 12.7. The second-order valence-electron chi connectivity index (χ2n) is 7.58. The maximum Gasteiger partial charge on any atom is 0.260 e. The first-order valence-electron chi connectivity index (χ1n) is 10.3. The molecule has 3 heterocycles. The van der Waals surface area contributed by atoms with Crippen LogP contribution in [-0.2, 0) is 20.9 Å². The van der Waals surface area contributed by atoms with E-state index in [9.17, 15) is 4.79 Å². The number of amides is 1. The van der Waals surface area contributed by atoms with Gasteiger partial charge in [-0.15, -0.1) is 0 Å². The van der Waals surface area contributed by atoms with Gasteiger partial charge in [0.2, 0.25) is 0 Å². The van der Waals surface area contributed by atoms with Crippen LogP contribution in [-0.4, -0.2) is 57.3 Å². The quantitative estimate of drug-likeness (QED) is 0.743. The highest BCUT2D eigenvalue weighted by molar-refractivity contribution is 6.36. The van der Waals surface area contributed by atoms with Crippen molar-refractivity contribution in [1.82, 2.24) is 4.90 Å². The van der Waals surface area contributed by atoms with Gasteiger partial charge in [-0.2, -0.15) is 0 Å². The molecule has 0 saturated carbocycles. The molecule has 156 valence electrons. The Morgan fingerprint density at radius 2 is 2.00 bits per heavy atom. The summed E-state index contributed by atoms with van der Waals surface area (Å²) < 4.78 is 17.3. The third kappa shape index (κ3) is 3.51. The third-order valence-corrected chi connectivity index (χ3v) is 5.75. The fraction of sp³-hybridized carbons (Fsp3) is 0.348. The topological polar surface area (TPSA) is 72.1 Å². The summed E-state index contributed by atoms with van der Waals surface area (Å²) in [5.74, 6) is 1.33. The summed E-state index contributed by atoms with van der Waals surface area (Å²) in [7, 11) is 1.86.